The second-order valence-electron chi connectivity index (χ2n) is 6.69. The lowest BCUT2D eigenvalue weighted by atomic mass is 9.87. The van der Waals surface area contributed by atoms with E-state index in [0.29, 0.717) is 22.7 Å². The molecule has 0 saturated carbocycles. The topological polar surface area (TPSA) is 93.4 Å². The summed E-state index contributed by atoms with van der Waals surface area (Å²) >= 11 is 0. The van der Waals surface area contributed by atoms with Crippen LogP contribution in [0.15, 0.2) is 42.5 Å². The van der Waals surface area contributed by atoms with Gasteiger partial charge in [-0.3, -0.25) is 4.79 Å². The molecule has 0 aromatic heterocycles. The lowest BCUT2D eigenvalue weighted by Crippen LogP contribution is -2.20. The number of methoxy groups -OCH3 is 1. The van der Waals surface area contributed by atoms with Gasteiger partial charge in [-0.05, 0) is 41.3 Å². The van der Waals surface area contributed by atoms with Crippen LogP contribution in [0.2, 0.25) is 0 Å². The fourth-order valence-electron chi connectivity index (χ4n) is 2.35. The smallest absolute Gasteiger partial charge is 0.316 e. The van der Waals surface area contributed by atoms with Gasteiger partial charge in [0.15, 0.2) is 0 Å². The molecule has 0 saturated heterocycles. The van der Waals surface area contributed by atoms with Crippen molar-refractivity contribution >= 4 is 23.3 Å². The molecule has 132 valence electrons. The summed E-state index contributed by atoms with van der Waals surface area (Å²) in [4.78, 5) is 23.5. The van der Waals surface area contributed by atoms with Crippen molar-refractivity contribution in [2.24, 2.45) is 5.73 Å². The Bertz CT molecular complexity index is 795. The number of hydrogen-bond acceptors (Lipinski definition) is 3. The fraction of sp³-hybridized carbons (Fsp3) is 0.263. The molecule has 2 aromatic rings. The predicted molar refractivity (Wildman–Crippen MR) is 99.3 cm³/mol. The molecule has 3 amide bonds. The maximum absolute atomic E-state index is 12.6. The van der Waals surface area contributed by atoms with Crippen LogP contribution in [0.25, 0.3) is 0 Å². The highest BCUT2D eigenvalue weighted by molar-refractivity contribution is 6.06. The number of anilines is 2. The number of primary amides is 1. The van der Waals surface area contributed by atoms with Gasteiger partial charge >= 0.3 is 6.03 Å². The number of rotatable bonds is 4. The first kappa shape index (κ1) is 18.3. The molecule has 0 atom stereocenters. The molecule has 0 unspecified atom stereocenters. The van der Waals surface area contributed by atoms with Crippen molar-refractivity contribution < 1.29 is 14.3 Å². The number of nitrogens with two attached hydrogens (primary N) is 1. The second-order valence-corrected chi connectivity index (χ2v) is 6.69. The van der Waals surface area contributed by atoms with Crippen LogP contribution in [0.4, 0.5) is 16.2 Å². The molecule has 0 spiro atoms. The summed E-state index contributed by atoms with van der Waals surface area (Å²) < 4.78 is 5.34. The third-order valence-electron chi connectivity index (χ3n) is 3.71. The predicted octanol–water partition coefficient (Wildman–Crippen LogP) is 3.74. The zero-order valence-corrected chi connectivity index (χ0v) is 14.8. The lowest BCUT2D eigenvalue weighted by Gasteiger charge is -2.21. The van der Waals surface area contributed by atoms with E-state index in [2.05, 4.69) is 31.4 Å². The van der Waals surface area contributed by atoms with Gasteiger partial charge in [0.1, 0.15) is 5.75 Å². The summed E-state index contributed by atoms with van der Waals surface area (Å²) in [5.41, 5.74) is 7.56. The van der Waals surface area contributed by atoms with Crippen molar-refractivity contribution in [3.05, 3.63) is 53.6 Å². The van der Waals surface area contributed by atoms with Crippen LogP contribution in [0.3, 0.4) is 0 Å². The molecule has 0 bridgehead atoms. The van der Waals surface area contributed by atoms with Gasteiger partial charge < -0.3 is 21.1 Å². The van der Waals surface area contributed by atoms with Gasteiger partial charge in [0.25, 0.3) is 5.91 Å². The first-order valence-corrected chi connectivity index (χ1v) is 7.87. The van der Waals surface area contributed by atoms with E-state index < -0.39 is 6.03 Å². The Kier molecular flexibility index (Phi) is 5.32. The van der Waals surface area contributed by atoms with E-state index >= 15 is 0 Å². The summed E-state index contributed by atoms with van der Waals surface area (Å²) in [6.07, 6.45) is 0. The fourth-order valence-corrected chi connectivity index (χ4v) is 2.35. The number of benzene rings is 2. The molecule has 2 rings (SSSR count). The number of ether oxygens (including phenoxy) is 1. The molecule has 2 aromatic carbocycles. The second kappa shape index (κ2) is 7.25. The number of nitrogens with one attached hydrogen (secondary N) is 2. The van der Waals surface area contributed by atoms with Gasteiger partial charge in [0, 0.05) is 11.3 Å². The van der Waals surface area contributed by atoms with Crippen LogP contribution in [-0.4, -0.2) is 19.0 Å². The highest BCUT2D eigenvalue weighted by Crippen LogP contribution is 2.31. The minimum Gasteiger partial charge on any atom is -0.495 e. The zero-order valence-electron chi connectivity index (χ0n) is 14.8. The van der Waals surface area contributed by atoms with E-state index in [0.717, 1.165) is 5.56 Å². The van der Waals surface area contributed by atoms with E-state index in [9.17, 15) is 9.59 Å². The Morgan fingerprint density at radius 3 is 2.36 bits per heavy atom. The highest BCUT2D eigenvalue weighted by Gasteiger charge is 2.17. The maximum Gasteiger partial charge on any atom is 0.316 e. The molecule has 0 fully saturated rings. The highest BCUT2D eigenvalue weighted by atomic mass is 16.5. The Balaban J connectivity index is 2.29. The van der Waals surface area contributed by atoms with Crippen molar-refractivity contribution in [2.45, 2.75) is 26.2 Å². The molecular formula is C19H23N3O3. The van der Waals surface area contributed by atoms with Crippen molar-refractivity contribution in [3.8, 4) is 5.75 Å². The van der Waals surface area contributed by atoms with Crippen LogP contribution < -0.4 is 21.1 Å². The summed E-state index contributed by atoms with van der Waals surface area (Å²) in [6.45, 7) is 6.29. The molecule has 25 heavy (non-hydrogen) atoms. The molecule has 0 aliphatic rings. The Morgan fingerprint density at radius 2 is 1.76 bits per heavy atom. The van der Waals surface area contributed by atoms with Crippen molar-refractivity contribution in [2.75, 3.05) is 17.7 Å². The minimum absolute atomic E-state index is 0.0585. The summed E-state index contributed by atoms with van der Waals surface area (Å²) in [7, 11) is 1.55. The van der Waals surface area contributed by atoms with Gasteiger partial charge in [0.2, 0.25) is 0 Å². The van der Waals surface area contributed by atoms with Gasteiger partial charge in [-0.2, -0.15) is 0 Å². The molecule has 6 heteroatoms. The molecule has 4 N–H and O–H groups in total. The number of carbonyl (C=O) groups is 2. The van der Waals surface area contributed by atoms with Crippen LogP contribution in [0.5, 0.6) is 5.75 Å². The van der Waals surface area contributed by atoms with Crippen molar-refractivity contribution in [1.82, 2.24) is 0 Å². The van der Waals surface area contributed by atoms with Crippen molar-refractivity contribution in [3.63, 3.8) is 0 Å². The summed E-state index contributed by atoms with van der Waals surface area (Å²) in [5.74, 6) is 0.269. The summed E-state index contributed by atoms with van der Waals surface area (Å²) in [6, 6.07) is 11.6. The SMILES string of the molecule is COc1ccc(C(C)(C)C)cc1NC(=O)c1cccc(NC(N)=O)c1. The standard InChI is InChI=1S/C19H23N3O3/c1-19(2,3)13-8-9-16(25-4)15(11-13)22-17(23)12-6-5-7-14(10-12)21-18(20)24/h5-11H,1-4H3,(H,22,23)(H3,20,21,24). The Morgan fingerprint density at radius 1 is 1.04 bits per heavy atom. The number of urea groups is 1. The Labute approximate surface area is 147 Å². The third-order valence-corrected chi connectivity index (χ3v) is 3.71. The number of carbonyl (C=O) groups excluding carboxylic acids is 2. The van der Waals surface area contributed by atoms with Gasteiger partial charge in [-0.15, -0.1) is 0 Å². The van der Waals surface area contributed by atoms with Crippen LogP contribution >= 0.6 is 0 Å². The molecule has 6 nitrogen and oxygen atoms in total. The normalized spacial score (nSPS) is 10.9. The van der Waals surface area contributed by atoms with Crippen LogP contribution in [0, 0.1) is 0 Å². The van der Waals surface area contributed by atoms with E-state index in [1.165, 1.54) is 0 Å². The van der Waals surface area contributed by atoms with Gasteiger partial charge in [-0.1, -0.05) is 32.9 Å². The zero-order chi connectivity index (χ0) is 18.6. The molecule has 0 radical (unpaired) electrons. The number of amides is 3. The Hall–Kier alpha value is -3.02. The van der Waals surface area contributed by atoms with Gasteiger partial charge in [0.05, 0.1) is 12.8 Å². The van der Waals surface area contributed by atoms with E-state index in [-0.39, 0.29) is 11.3 Å². The van der Waals surface area contributed by atoms with Crippen LogP contribution in [0.1, 0.15) is 36.7 Å². The molecule has 0 aliphatic carbocycles. The van der Waals surface area contributed by atoms with Crippen molar-refractivity contribution in [1.29, 1.82) is 0 Å². The first-order chi connectivity index (χ1) is 11.7. The summed E-state index contributed by atoms with van der Waals surface area (Å²) in [5, 5.41) is 5.31. The monoisotopic (exact) mass is 341 g/mol. The lowest BCUT2D eigenvalue weighted by molar-refractivity contribution is 0.102. The average Bonchev–Trinajstić information content (AvgIpc) is 2.53. The quantitative estimate of drug-likeness (QED) is 0.791. The third kappa shape index (κ3) is 4.73. The van der Waals surface area contributed by atoms with Crippen LogP contribution in [-0.2, 0) is 5.41 Å². The van der Waals surface area contributed by atoms with Gasteiger partial charge in [-0.25, -0.2) is 4.79 Å². The van der Waals surface area contributed by atoms with E-state index in [1.54, 1.807) is 31.4 Å². The molecule has 0 heterocycles. The molecular weight excluding hydrogens is 318 g/mol. The largest absolute Gasteiger partial charge is 0.495 e. The molecule has 0 aliphatic heterocycles. The first-order valence-electron chi connectivity index (χ1n) is 7.87. The van der Waals surface area contributed by atoms with E-state index in [4.69, 9.17) is 10.5 Å². The number of hydrogen-bond donors (Lipinski definition) is 3. The van der Waals surface area contributed by atoms with E-state index in [1.807, 2.05) is 18.2 Å². The average molecular weight is 341 g/mol. The minimum atomic E-state index is -0.683. The maximum atomic E-state index is 12.6.